The van der Waals surface area contributed by atoms with Gasteiger partial charge in [-0.05, 0) is 37.0 Å². The second kappa shape index (κ2) is 5.59. The predicted molar refractivity (Wildman–Crippen MR) is 76.1 cm³/mol. The van der Waals surface area contributed by atoms with E-state index in [-0.39, 0.29) is 0 Å². The lowest BCUT2D eigenvalue weighted by Crippen LogP contribution is -2.26. The smallest absolute Gasteiger partial charge is 0.179 e. The zero-order valence-electron chi connectivity index (χ0n) is 11.2. The third kappa shape index (κ3) is 3.34. The number of fused-ring (bicyclic) bond motifs is 1. The first kappa shape index (κ1) is 13.1. The van der Waals surface area contributed by atoms with E-state index in [4.69, 9.17) is 21.1 Å². The van der Waals surface area contributed by atoms with Crippen molar-refractivity contribution in [2.75, 3.05) is 13.2 Å². The summed E-state index contributed by atoms with van der Waals surface area (Å²) in [7, 11) is 0. The summed E-state index contributed by atoms with van der Waals surface area (Å²) in [6, 6.07) is 4.54. The van der Waals surface area contributed by atoms with Gasteiger partial charge in [-0.2, -0.15) is 0 Å². The van der Waals surface area contributed by atoms with E-state index in [0.717, 1.165) is 23.8 Å². The zero-order valence-corrected chi connectivity index (χ0v) is 12.0. The van der Waals surface area contributed by atoms with Crippen LogP contribution in [-0.2, 0) is 6.54 Å². The molecule has 1 aliphatic heterocycles. The van der Waals surface area contributed by atoms with Gasteiger partial charge in [0.15, 0.2) is 11.5 Å². The molecule has 1 heterocycles. The molecule has 0 radical (unpaired) electrons. The van der Waals surface area contributed by atoms with Crippen molar-refractivity contribution in [2.45, 2.75) is 38.8 Å². The molecule has 3 rings (SSSR count). The molecule has 1 fully saturated rings. The monoisotopic (exact) mass is 281 g/mol. The molecule has 2 aliphatic rings. The highest BCUT2D eigenvalue weighted by Gasteiger charge is 2.23. The highest BCUT2D eigenvalue weighted by atomic mass is 35.5. The van der Waals surface area contributed by atoms with E-state index in [2.05, 4.69) is 12.2 Å². The van der Waals surface area contributed by atoms with Gasteiger partial charge < -0.3 is 14.8 Å². The summed E-state index contributed by atoms with van der Waals surface area (Å²) in [5.74, 6) is 2.40. The highest BCUT2D eigenvalue weighted by Crippen LogP contribution is 2.38. The molecule has 0 spiro atoms. The van der Waals surface area contributed by atoms with E-state index in [1.165, 1.54) is 19.3 Å². The van der Waals surface area contributed by atoms with Crippen LogP contribution in [-0.4, -0.2) is 19.3 Å². The summed E-state index contributed by atoms with van der Waals surface area (Å²) in [6.45, 7) is 4.24. The number of nitrogens with one attached hydrogen (secondary N) is 1. The Hall–Kier alpha value is -0.930. The molecule has 1 atom stereocenters. The van der Waals surface area contributed by atoms with E-state index in [1.54, 1.807) is 0 Å². The standard InChI is InChI=1S/C15H20ClNO2/c1-10(6-11-2-3-11)17-9-12-7-13(16)15-14(8-12)18-4-5-19-15/h7-8,10-11,17H,2-6,9H2,1H3. The normalized spacial score (nSPS) is 19.3. The van der Waals surface area contributed by atoms with Crippen molar-refractivity contribution < 1.29 is 9.47 Å². The van der Waals surface area contributed by atoms with Crippen LogP contribution in [0, 0.1) is 5.92 Å². The second-order valence-electron chi connectivity index (χ2n) is 5.56. The molecule has 1 N–H and O–H groups in total. The maximum atomic E-state index is 6.22. The van der Waals surface area contributed by atoms with Gasteiger partial charge in [-0.15, -0.1) is 0 Å². The van der Waals surface area contributed by atoms with Crippen LogP contribution in [0.3, 0.4) is 0 Å². The SMILES string of the molecule is CC(CC1CC1)NCc1cc(Cl)c2c(c1)OCCO2. The average Bonchev–Trinajstić information content (AvgIpc) is 3.20. The van der Waals surface area contributed by atoms with Gasteiger partial charge in [0.25, 0.3) is 0 Å². The van der Waals surface area contributed by atoms with E-state index in [9.17, 15) is 0 Å². The van der Waals surface area contributed by atoms with Crippen LogP contribution < -0.4 is 14.8 Å². The molecule has 0 aromatic heterocycles. The molecule has 1 saturated carbocycles. The molecule has 0 amide bonds. The Bertz CT molecular complexity index is 460. The fourth-order valence-electron chi connectivity index (χ4n) is 2.50. The summed E-state index contributed by atoms with van der Waals surface area (Å²) in [5, 5.41) is 4.19. The summed E-state index contributed by atoms with van der Waals surface area (Å²) < 4.78 is 11.1. The van der Waals surface area contributed by atoms with E-state index >= 15 is 0 Å². The maximum absolute atomic E-state index is 6.22. The van der Waals surface area contributed by atoms with Gasteiger partial charge >= 0.3 is 0 Å². The Balaban J connectivity index is 1.62. The molecule has 1 aliphatic carbocycles. The fraction of sp³-hybridized carbons (Fsp3) is 0.600. The minimum absolute atomic E-state index is 0.555. The summed E-state index contributed by atoms with van der Waals surface area (Å²) in [6.07, 6.45) is 4.09. The molecule has 104 valence electrons. The van der Waals surface area contributed by atoms with E-state index < -0.39 is 0 Å². The Kier molecular flexibility index (Phi) is 3.85. The van der Waals surface area contributed by atoms with Gasteiger partial charge in [-0.25, -0.2) is 0 Å². The number of hydrogen-bond donors (Lipinski definition) is 1. The van der Waals surface area contributed by atoms with Crippen LogP contribution >= 0.6 is 11.6 Å². The highest BCUT2D eigenvalue weighted by molar-refractivity contribution is 6.32. The van der Waals surface area contributed by atoms with Crippen LogP contribution in [0.1, 0.15) is 31.7 Å². The summed E-state index contributed by atoms with van der Waals surface area (Å²) in [4.78, 5) is 0. The van der Waals surface area contributed by atoms with E-state index in [1.807, 2.05) is 12.1 Å². The summed E-state index contributed by atoms with van der Waals surface area (Å²) >= 11 is 6.22. The van der Waals surface area contributed by atoms with Crippen molar-refractivity contribution in [3.05, 3.63) is 22.7 Å². The number of halogens is 1. The van der Waals surface area contributed by atoms with Crippen molar-refractivity contribution in [2.24, 2.45) is 5.92 Å². The Morgan fingerprint density at radius 1 is 1.32 bits per heavy atom. The number of ether oxygens (including phenoxy) is 2. The molecule has 19 heavy (non-hydrogen) atoms. The zero-order chi connectivity index (χ0) is 13.2. The lowest BCUT2D eigenvalue weighted by Gasteiger charge is -2.21. The van der Waals surface area contributed by atoms with Crippen molar-refractivity contribution in [3.8, 4) is 11.5 Å². The molecule has 3 nitrogen and oxygen atoms in total. The van der Waals surface area contributed by atoms with E-state index in [0.29, 0.717) is 30.0 Å². The first-order chi connectivity index (χ1) is 9.22. The van der Waals surface area contributed by atoms with Gasteiger partial charge in [-0.3, -0.25) is 0 Å². The van der Waals surface area contributed by atoms with Crippen molar-refractivity contribution >= 4 is 11.6 Å². The predicted octanol–water partition coefficient (Wildman–Crippen LogP) is 3.39. The first-order valence-corrected chi connectivity index (χ1v) is 7.41. The lowest BCUT2D eigenvalue weighted by molar-refractivity contribution is 0.171. The Morgan fingerprint density at radius 2 is 2.11 bits per heavy atom. The third-order valence-corrected chi connectivity index (χ3v) is 3.98. The number of hydrogen-bond acceptors (Lipinski definition) is 3. The molecular weight excluding hydrogens is 262 g/mol. The van der Waals surface area contributed by atoms with Gasteiger partial charge in [-0.1, -0.05) is 24.4 Å². The average molecular weight is 282 g/mol. The topological polar surface area (TPSA) is 30.5 Å². The molecule has 4 heteroatoms. The molecule has 1 unspecified atom stereocenters. The minimum atomic E-state index is 0.555. The van der Waals surface area contributed by atoms with Gasteiger partial charge in [0.2, 0.25) is 0 Å². The summed E-state index contributed by atoms with van der Waals surface area (Å²) in [5.41, 5.74) is 1.15. The lowest BCUT2D eigenvalue weighted by atomic mass is 10.1. The van der Waals surface area contributed by atoms with Crippen molar-refractivity contribution in [1.82, 2.24) is 5.32 Å². The minimum Gasteiger partial charge on any atom is -0.486 e. The maximum Gasteiger partial charge on any atom is 0.179 e. The second-order valence-corrected chi connectivity index (χ2v) is 5.97. The van der Waals surface area contributed by atoms with Crippen LogP contribution in [0.4, 0.5) is 0 Å². The van der Waals surface area contributed by atoms with Gasteiger partial charge in [0.1, 0.15) is 13.2 Å². The molecule has 0 saturated heterocycles. The largest absolute Gasteiger partial charge is 0.486 e. The fourth-order valence-corrected chi connectivity index (χ4v) is 2.78. The van der Waals surface area contributed by atoms with Crippen molar-refractivity contribution in [1.29, 1.82) is 0 Å². The molecule has 1 aromatic carbocycles. The first-order valence-electron chi connectivity index (χ1n) is 7.04. The van der Waals surface area contributed by atoms with Crippen LogP contribution in [0.5, 0.6) is 11.5 Å². The molecule has 1 aromatic rings. The molecule has 0 bridgehead atoms. The Labute approximate surface area is 119 Å². The quantitative estimate of drug-likeness (QED) is 0.897. The molecular formula is C15H20ClNO2. The Morgan fingerprint density at radius 3 is 2.89 bits per heavy atom. The van der Waals surface area contributed by atoms with Crippen LogP contribution in [0.15, 0.2) is 12.1 Å². The van der Waals surface area contributed by atoms with Gasteiger partial charge in [0, 0.05) is 12.6 Å². The van der Waals surface area contributed by atoms with Crippen LogP contribution in [0.2, 0.25) is 5.02 Å². The number of rotatable bonds is 5. The number of benzene rings is 1. The van der Waals surface area contributed by atoms with Gasteiger partial charge in [0.05, 0.1) is 5.02 Å². The van der Waals surface area contributed by atoms with Crippen LogP contribution in [0.25, 0.3) is 0 Å². The third-order valence-electron chi connectivity index (χ3n) is 3.70. The van der Waals surface area contributed by atoms with Crippen molar-refractivity contribution in [3.63, 3.8) is 0 Å².